The van der Waals surface area contributed by atoms with Crippen molar-refractivity contribution in [1.82, 2.24) is 4.98 Å². The zero-order chi connectivity index (χ0) is 8.55. The van der Waals surface area contributed by atoms with E-state index in [-0.39, 0.29) is 0 Å². The molecular weight excluding hydrogens is 152 g/mol. The Morgan fingerprint density at radius 2 is 2.25 bits per heavy atom. The highest BCUT2D eigenvalue weighted by Crippen LogP contribution is 2.24. The molecule has 1 N–H and O–H groups in total. The van der Waals surface area contributed by atoms with E-state index in [2.05, 4.69) is 10.3 Å². The lowest BCUT2D eigenvalue weighted by molar-refractivity contribution is 0.602. The van der Waals surface area contributed by atoms with E-state index in [9.17, 15) is 0 Å². The Morgan fingerprint density at radius 3 is 3.00 bits per heavy atom. The Bertz CT molecular complexity index is 406. The van der Waals surface area contributed by atoms with E-state index in [1.807, 2.05) is 26.1 Å². The molecule has 0 fully saturated rings. The first-order chi connectivity index (χ1) is 5.83. The van der Waals surface area contributed by atoms with E-state index >= 15 is 0 Å². The molecule has 0 bridgehead atoms. The first kappa shape index (κ1) is 7.16. The third-order valence-electron chi connectivity index (χ3n) is 1.96. The number of rotatable bonds is 1. The van der Waals surface area contributed by atoms with Gasteiger partial charge in [0.2, 0.25) is 0 Å². The van der Waals surface area contributed by atoms with Crippen LogP contribution in [-0.2, 0) is 0 Å². The van der Waals surface area contributed by atoms with Crippen LogP contribution in [0.1, 0.15) is 5.56 Å². The SMILES string of the molecule is CNc1c(C)ccc2ocnc12. The monoisotopic (exact) mass is 162 g/mol. The first-order valence-corrected chi connectivity index (χ1v) is 3.83. The summed E-state index contributed by atoms with van der Waals surface area (Å²) in [6.07, 6.45) is 1.46. The van der Waals surface area contributed by atoms with Crippen LogP contribution in [0.4, 0.5) is 5.69 Å². The summed E-state index contributed by atoms with van der Waals surface area (Å²) in [7, 11) is 1.89. The maximum Gasteiger partial charge on any atom is 0.182 e. The number of aryl methyl sites for hydroxylation is 1. The number of nitrogens with one attached hydrogen (secondary N) is 1. The molecule has 0 aliphatic heterocycles. The minimum atomic E-state index is 0.824. The van der Waals surface area contributed by atoms with Crippen molar-refractivity contribution in [1.29, 1.82) is 0 Å². The summed E-state index contributed by atoms with van der Waals surface area (Å²) in [4.78, 5) is 4.12. The van der Waals surface area contributed by atoms with Gasteiger partial charge in [-0.2, -0.15) is 0 Å². The van der Waals surface area contributed by atoms with Crippen LogP contribution < -0.4 is 5.32 Å². The van der Waals surface area contributed by atoms with Crippen LogP contribution in [0.25, 0.3) is 11.1 Å². The summed E-state index contributed by atoms with van der Waals surface area (Å²) in [5.74, 6) is 0. The standard InChI is InChI=1S/C9H10N2O/c1-6-3-4-7-9(8(6)10-2)11-5-12-7/h3-5,10H,1-2H3. The van der Waals surface area contributed by atoms with Crippen LogP contribution in [0.5, 0.6) is 0 Å². The molecule has 1 aromatic heterocycles. The lowest BCUT2D eigenvalue weighted by atomic mass is 10.2. The summed E-state index contributed by atoms with van der Waals surface area (Å²) in [6, 6.07) is 3.94. The van der Waals surface area contributed by atoms with Crippen LogP contribution in [0.15, 0.2) is 22.9 Å². The molecule has 2 rings (SSSR count). The highest BCUT2D eigenvalue weighted by Gasteiger charge is 2.05. The molecule has 0 spiro atoms. The van der Waals surface area contributed by atoms with Gasteiger partial charge in [0, 0.05) is 7.05 Å². The smallest absolute Gasteiger partial charge is 0.182 e. The topological polar surface area (TPSA) is 38.1 Å². The predicted octanol–water partition coefficient (Wildman–Crippen LogP) is 2.18. The molecule has 0 atom stereocenters. The van der Waals surface area contributed by atoms with Gasteiger partial charge < -0.3 is 9.73 Å². The minimum absolute atomic E-state index is 0.824. The van der Waals surface area contributed by atoms with Gasteiger partial charge >= 0.3 is 0 Å². The molecule has 0 aliphatic carbocycles. The molecule has 1 heterocycles. The molecule has 62 valence electrons. The largest absolute Gasteiger partial charge is 0.443 e. The lowest BCUT2D eigenvalue weighted by Crippen LogP contribution is -1.92. The number of hydrogen-bond acceptors (Lipinski definition) is 3. The van der Waals surface area contributed by atoms with E-state index in [0.717, 1.165) is 16.8 Å². The van der Waals surface area contributed by atoms with Crippen molar-refractivity contribution in [2.75, 3.05) is 12.4 Å². The lowest BCUT2D eigenvalue weighted by Gasteiger charge is -2.03. The highest BCUT2D eigenvalue weighted by atomic mass is 16.3. The molecule has 0 saturated carbocycles. The van der Waals surface area contributed by atoms with Gasteiger partial charge in [0.25, 0.3) is 0 Å². The first-order valence-electron chi connectivity index (χ1n) is 3.83. The van der Waals surface area contributed by atoms with Gasteiger partial charge in [-0.15, -0.1) is 0 Å². The Balaban J connectivity index is 2.83. The quantitative estimate of drug-likeness (QED) is 0.698. The van der Waals surface area contributed by atoms with Gasteiger partial charge in [0.1, 0.15) is 5.52 Å². The van der Waals surface area contributed by atoms with E-state index in [0.29, 0.717) is 0 Å². The fourth-order valence-corrected chi connectivity index (χ4v) is 1.35. The van der Waals surface area contributed by atoms with Gasteiger partial charge in [0.05, 0.1) is 5.69 Å². The Kier molecular flexibility index (Phi) is 1.50. The number of benzene rings is 1. The van der Waals surface area contributed by atoms with E-state index in [4.69, 9.17) is 4.42 Å². The molecular formula is C9H10N2O. The van der Waals surface area contributed by atoms with Crippen molar-refractivity contribution in [2.24, 2.45) is 0 Å². The minimum Gasteiger partial charge on any atom is -0.443 e. The maximum absolute atomic E-state index is 5.16. The van der Waals surface area contributed by atoms with E-state index < -0.39 is 0 Å². The molecule has 0 amide bonds. The van der Waals surface area contributed by atoms with Gasteiger partial charge in [-0.1, -0.05) is 6.07 Å². The Morgan fingerprint density at radius 1 is 1.42 bits per heavy atom. The van der Waals surface area contributed by atoms with Crippen LogP contribution in [0.2, 0.25) is 0 Å². The van der Waals surface area contributed by atoms with Gasteiger partial charge in [-0.25, -0.2) is 4.98 Å². The zero-order valence-corrected chi connectivity index (χ0v) is 7.09. The second-order valence-corrected chi connectivity index (χ2v) is 2.71. The van der Waals surface area contributed by atoms with Gasteiger partial charge in [-0.3, -0.25) is 0 Å². The molecule has 1 aromatic carbocycles. The molecule has 0 saturated heterocycles. The van der Waals surface area contributed by atoms with Crippen LogP contribution in [-0.4, -0.2) is 12.0 Å². The van der Waals surface area contributed by atoms with Gasteiger partial charge in [-0.05, 0) is 18.6 Å². The summed E-state index contributed by atoms with van der Waals surface area (Å²) in [5, 5.41) is 3.10. The molecule has 0 radical (unpaired) electrons. The fraction of sp³-hybridized carbons (Fsp3) is 0.222. The highest BCUT2D eigenvalue weighted by molar-refractivity contribution is 5.88. The van der Waals surface area contributed by atoms with Crippen LogP contribution >= 0.6 is 0 Å². The number of nitrogens with zero attached hydrogens (tertiary/aromatic N) is 1. The summed E-state index contributed by atoms with van der Waals surface area (Å²) in [5.41, 5.74) is 3.95. The van der Waals surface area contributed by atoms with Crippen molar-refractivity contribution in [3.05, 3.63) is 24.1 Å². The molecule has 0 aliphatic rings. The molecule has 3 heteroatoms. The third-order valence-corrected chi connectivity index (χ3v) is 1.96. The second-order valence-electron chi connectivity index (χ2n) is 2.71. The van der Waals surface area contributed by atoms with Crippen LogP contribution in [0, 0.1) is 6.92 Å². The van der Waals surface area contributed by atoms with Gasteiger partial charge in [0.15, 0.2) is 12.0 Å². The number of oxazole rings is 1. The average molecular weight is 162 g/mol. The van der Waals surface area contributed by atoms with Crippen LogP contribution in [0.3, 0.4) is 0 Å². The van der Waals surface area contributed by atoms with Crippen molar-refractivity contribution in [3.63, 3.8) is 0 Å². The molecule has 3 nitrogen and oxygen atoms in total. The van der Waals surface area contributed by atoms with E-state index in [1.54, 1.807) is 0 Å². The molecule has 2 aromatic rings. The number of hydrogen-bond donors (Lipinski definition) is 1. The number of aromatic nitrogens is 1. The molecule has 0 unspecified atom stereocenters. The number of anilines is 1. The van der Waals surface area contributed by atoms with E-state index in [1.165, 1.54) is 12.0 Å². The summed E-state index contributed by atoms with van der Waals surface area (Å²) < 4.78 is 5.16. The Hall–Kier alpha value is -1.51. The third kappa shape index (κ3) is 0.863. The number of fused-ring (bicyclic) bond motifs is 1. The zero-order valence-electron chi connectivity index (χ0n) is 7.09. The van der Waals surface area contributed by atoms with Crippen molar-refractivity contribution in [3.8, 4) is 0 Å². The Labute approximate surface area is 70.4 Å². The molecule has 12 heavy (non-hydrogen) atoms. The fourth-order valence-electron chi connectivity index (χ4n) is 1.35. The van der Waals surface area contributed by atoms with Crippen molar-refractivity contribution >= 4 is 16.8 Å². The van der Waals surface area contributed by atoms with Crippen molar-refractivity contribution in [2.45, 2.75) is 6.92 Å². The maximum atomic E-state index is 5.16. The summed E-state index contributed by atoms with van der Waals surface area (Å²) >= 11 is 0. The average Bonchev–Trinajstić information content (AvgIpc) is 2.52. The van der Waals surface area contributed by atoms with Crippen molar-refractivity contribution < 1.29 is 4.42 Å². The summed E-state index contributed by atoms with van der Waals surface area (Å²) in [6.45, 7) is 2.04. The predicted molar refractivity (Wildman–Crippen MR) is 48.3 cm³/mol. The second kappa shape index (κ2) is 2.52. The normalized spacial score (nSPS) is 10.5.